The van der Waals surface area contributed by atoms with Crippen LogP contribution in [0.5, 0.6) is 0 Å². The van der Waals surface area contributed by atoms with Crippen LogP contribution in [0.3, 0.4) is 0 Å². The molecule has 2 aromatic heterocycles. The third-order valence-corrected chi connectivity index (χ3v) is 6.73. The van der Waals surface area contributed by atoms with Gasteiger partial charge in [-0.2, -0.15) is 0 Å². The van der Waals surface area contributed by atoms with Gasteiger partial charge in [-0.05, 0) is 49.1 Å². The Morgan fingerprint density at radius 1 is 1.03 bits per heavy atom. The second-order valence-electron chi connectivity index (χ2n) is 8.21. The summed E-state index contributed by atoms with van der Waals surface area (Å²) in [4.78, 5) is 30.1. The van der Waals surface area contributed by atoms with Crippen molar-refractivity contribution in [1.29, 1.82) is 0 Å². The number of urea groups is 1. The van der Waals surface area contributed by atoms with E-state index in [0.29, 0.717) is 25.3 Å². The maximum absolute atomic E-state index is 13.1. The van der Waals surface area contributed by atoms with E-state index in [-0.39, 0.29) is 6.03 Å². The molecular weight excluding hydrogens is 442 g/mol. The van der Waals surface area contributed by atoms with Crippen LogP contribution in [0.1, 0.15) is 16.8 Å². The number of anilines is 1. The Bertz CT molecular complexity index is 1340. The first-order chi connectivity index (χ1) is 16.6. The Labute approximate surface area is 203 Å². The van der Waals surface area contributed by atoms with Crippen molar-refractivity contribution in [3.05, 3.63) is 89.9 Å². The molecule has 170 valence electrons. The number of nitrogens with one attached hydrogen (secondary N) is 1. The van der Waals surface area contributed by atoms with Gasteiger partial charge in [-0.15, -0.1) is 11.8 Å². The second-order valence-corrected chi connectivity index (χ2v) is 9.09. The van der Waals surface area contributed by atoms with Crippen molar-refractivity contribution in [2.24, 2.45) is 0 Å². The van der Waals surface area contributed by atoms with Crippen molar-refractivity contribution < 1.29 is 4.79 Å². The van der Waals surface area contributed by atoms with Crippen LogP contribution in [0, 0.1) is 6.92 Å². The molecule has 5 rings (SSSR count). The Morgan fingerprint density at radius 2 is 1.85 bits per heavy atom. The van der Waals surface area contributed by atoms with Crippen LogP contribution < -0.4 is 5.32 Å². The van der Waals surface area contributed by atoms with Crippen LogP contribution >= 0.6 is 11.8 Å². The minimum atomic E-state index is -0.113. The van der Waals surface area contributed by atoms with E-state index in [2.05, 4.69) is 29.4 Å². The van der Waals surface area contributed by atoms with Gasteiger partial charge in [0.05, 0.1) is 17.9 Å². The molecule has 3 heterocycles. The Hall–Kier alpha value is -3.71. The number of aryl methyl sites for hydroxylation is 1. The monoisotopic (exact) mass is 467 g/mol. The Morgan fingerprint density at radius 3 is 2.65 bits per heavy atom. The van der Waals surface area contributed by atoms with Crippen molar-refractivity contribution in [2.75, 3.05) is 18.1 Å². The number of carbonyl (C=O) groups is 1. The molecule has 6 nitrogen and oxygen atoms in total. The minimum Gasteiger partial charge on any atom is -0.320 e. The lowest BCUT2D eigenvalue weighted by Gasteiger charge is -2.30. The van der Waals surface area contributed by atoms with Crippen molar-refractivity contribution in [3.63, 3.8) is 0 Å². The summed E-state index contributed by atoms with van der Waals surface area (Å²) < 4.78 is 0. The number of aromatic nitrogens is 3. The zero-order valence-corrected chi connectivity index (χ0v) is 20.0. The van der Waals surface area contributed by atoms with Crippen LogP contribution in [0.15, 0.2) is 78.0 Å². The third kappa shape index (κ3) is 4.52. The molecule has 7 heteroatoms. The zero-order valence-electron chi connectivity index (χ0n) is 19.2. The van der Waals surface area contributed by atoms with Crippen molar-refractivity contribution in [2.45, 2.75) is 24.8 Å². The average molecular weight is 468 g/mol. The van der Waals surface area contributed by atoms with Gasteiger partial charge in [0.15, 0.2) is 5.82 Å². The van der Waals surface area contributed by atoms with Gasteiger partial charge in [0.25, 0.3) is 0 Å². The molecule has 0 bridgehead atoms. The van der Waals surface area contributed by atoms with Gasteiger partial charge >= 0.3 is 6.03 Å². The first-order valence-corrected chi connectivity index (χ1v) is 12.4. The van der Waals surface area contributed by atoms with Crippen LogP contribution in [0.25, 0.3) is 22.6 Å². The van der Waals surface area contributed by atoms with Gasteiger partial charge in [-0.25, -0.2) is 14.8 Å². The molecule has 1 N–H and O–H groups in total. The van der Waals surface area contributed by atoms with Crippen LogP contribution in [-0.2, 0) is 13.0 Å². The standard InChI is InChI=1S/C27H25N5OS/c1-18-6-3-4-9-22(18)25-23-17-32(27(33)29-20-7-5-8-21(16-20)34-2)15-12-24(23)30-26(31-25)19-10-13-28-14-11-19/h3-11,13-14,16H,12,15,17H2,1-2H3,(H,29,33). The third-order valence-electron chi connectivity index (χ3n) is 6.01. The van der Waals surface area contributed by atoms with E-state index < -0.39 is 0 Å². The van der Waals surface area contributed by atoms with E-state index in [4.69, 9.17) is 9.97 Å². The molecule has 4 aromatic rings. The number of thioether (sulfide) groups is 1. The number of pyridine rings is 1. The van der Waals surface area contributed by atoms with Crippen molar-refractivity contribution in [1.82, 2.24) is 19.9 Å². The zero-order chi connectivity index (χ0) is 23.5. The fourth-order valence-electron chi connectivity index (χ4n) is 4.18. The molecule has 1 aliphatic heterocycles. The molecule has 0 radical (unpaired) electrons. The molecule has 0 spiro atoms. The first-order valence-electron chi connectivity index (χ1n) is 11.2. The lowest BCUT2D eigenvalue weighted by molar-refractivity contribution is 0.206. The summed E-state index contributed by atoms with van der Waals surface area (Å²) in [5.41, 5.74) is 6.81. The molecule has 0 fully saturated rings. The van der Waals surface area contributed by atoms with Crippen molar-refractivity contribution in [3.8, 4) is 22.6 Å². The topological polar surface area (TPSA) is 71.0 Å². The number of amides is 2. The molecule has 1 aliphatic rings. The number of fused-ring (bicyclic) bond motifs is 1. The largest absolute Gasteiger partial charge is 0.322 e. The van der Waals surface area contributed by atoms with Gasteiger partial charge in [-0.3, -0.25) is 4.98 Å². The molecule has 34 heavy (non-hydrogen) atoms. The normalized spacial score (nSPS) is 12.8. The maximum Gasteiger partial charge on any atom is 0.322 e. The highest BCUT2D eigenvalue weighted by Gasteiger charge is 2.27. The van der Waals surface area contributed by atoms with E-state index in [9.17, 15) is 4.79 Å². The van der Waals surface area contributed by atoms with Crippen LogP contribution in [0.2, 0.25) is 0 Å². The van der Waals surface area contributed by atoms with Gasteiger partial charge < -0.3 is 10.2 Å². The molecule has 0 unspecified atom stereocenters. The molecule has 0 saturated carbocycles. The number of nitrogens with zero attached hydrogens (tertiary/aromatic N) is 4. The quantitative estimate of drug-likeness (QED) is 0.383. The highest BCUT2D eigenvalue weighted by Crippen LogP contribution is 2.32. The van der Waals surface area contributed by atoms with Gasteiger partial charge in [0.1, 0.15) is 0 Å². The van der Waals surface area contributed by atoms with E-state index in [1.54, 1.807) is 24.2 Å². The number of benzene rings is 2. The lowest BCUT2D eigenvalue weighted by atomic mass is 9.96. The highest BCUT2D eigenvalue weighted by molar-refractivity contribution is 7.98. The maximum atomic E-state index is 13.1. The number of hydrogen-bond acceptors (Lipinski definition) is 5. The summed E-state index contributed by atoms with van der Waals surface area (Å²) in [6.07, 6.45) is 6.20. The second kappa shape index (κ2) is 9.65. The molecule has 0 saturated heterocycles. The summed E-state index contributed by atoms with van der Waals surface area (Å²) in [6, 6.07) is 19.8. The van der Waals surface area contributed by atoms with E-state index in [1.165, 1.54) is 0 Å². The summed E-state index contributed by atoms with van der Waals surface area (Å²) in [7, 11) is 0. The number of hydrogen-bond donors (Lipinski definition) is 1. The average Bonchev–Trinajstić information content (AvgIpc) is 2.88. The van der Waals surface area contributed by atoms with Gasteiger partial charge in [-0.1, -0.05) is 30.3 Å². The summed E-state index contributed by atoms with van der Waals surface area (Å²) >= 11 is 1.65. The molecule has 2 aromatic carbocycles. The Kier molecular flexibility index (Phi) is 6.27. The fourth-order valence-corrected chi connectivity index (χ4v) is 4.64. The van der Waals surface area contributed by atoms with Gasteiger partial charge in [0.2, 0.25) is 0 Å². The smallest absolute Gasteiger partial charge is 0.320 e. The minimum absolute atomic E-state index is 0.113. The van der Waals surface area contributed by atoms with E-state index >= 15 is 0 Å². The van der Waals surface area contributed by atoms with E-state index in [1.807, 2.05) is 59.7 Å². The number of rotatable bonds is 4. The fraction of sp³-hybridized carbons (Fsp3) is 0.185. The first kappa shape index (κ1) is 22.1. The van der Waals surface area contributed by atoms with Crippen molar-refractivity contribution >= 4 is 23.5 Å². The lowest BCUT2D eigenvalue weighted by Crippen LogP contribution is -2.39. The molecule has 2 amide bonds. The molecular formula is C27H25N5OS. The summed E-state index contributed by atoms with van der Waals surface area (Å²) in [5.74, 6) is 0.686. The summed E-state index contributed by atoms with van der Waals surface area (Å²) in [5, 5.41) is 3.05. The van der Waals surface area contributed by atoms with Crippen LogP contribution in [0.4, 0.5) is 10.5 Å². The van der Waals surface area contributed by atoms with Gasteiger partial charge in [0, 0.05) is 52.6 Å². The summed E-state index contributed by atoms with van der Waals surface area (Å²) in [6.45, 7) is 3.15. The highest BCUT2D eigenvalue weighted by atomic mass is 32.2. The predicted molar refractivity (Wildman–Crippen MR) is 137 cm³/mol. The van der Waals surface area contributed by atoms with E-state index in [0.717, 1.165) is 44.2 Å². The predicted octanol–water partition coefficient (Wildman–Crippen LogP) is 5.83. The SMILES string of the molecule is CSc1cccc(NC(=O)N2CCc3nc(-c4ccncc4)nc(-c4ccccc4C)c3C2)c1. The van der Waals surface area contributed by atoms with Crippen LogP contribution in [-0.4, -0.2) is 38.7 Å². The molecule has 0 atom stereocenters. The molecule has 0 aliphatic carbocycles. The number of carbonyl (C=O) groups excluding carboxylic acids is 1. The Balaban J connectivity index is 1.51.